The molecular formula is C25H32N2O5S. The third kappa shape index (κ3) is 4.46. The number of hydrogen-bond acceptors (Lipinski definition) is 6. The van der Waals surface area contributed by atoms with E-state index in [0.29, 0.717) is 42.1 Å². The molecule has 7 nitrogen and oxygen atoms in total. The molecule has 1 aromatic heterocycles. The van der Waals surface area contributed by atoms with Gasteiger partial charge in [-0.3, -0.25) is 14.4 Å². The molecule has 1 saturated heterocycles. The topological polar surface area (TPSA) is 92.8 Å². The number of rotatable bonds is 7. The first-order valence-electron chi connectivity index (χ1n) is 12.2. The van der Waals surface area contributed by atoms with E-state index >= 15 is 0 Å². The maximum Gasteiger partial charge on any atom is 0.329 e. The third-order valence-corrected chi connectivity index (χ3v) is 9.20. The number of thiophene rings is 1. The summed E-state index contributed by atoms with van der Waals surface area (Å²) in [6.45, 7) is 2.09. The van der Waals surface area contributed by atoms with Crippen LogP contribution < -0.4 is 5.32 Å². The molecule has 1 atom stereocenters. The molecule has 1 aliphatic heterocycles. The smallest absolute Gasteiger partial charge is 0.329 e. The van der Waals surface area contributed by atoms with Crippen molar-refractivity contribution >= 4 is 34.9 Å². The fourth-order valence-corrected chi connectivity index (χ4v) is 7.94. The van der Waals surface area contributed by atoms with Crippen molar-refractivity contribution in [2.45, 2.75) is 70.9 Å². The zero-order valence-corrected chi connectivity index (χ0v) is 20.0. The van der Waals surface area contributed by atoms with Gasteiger partial charge in [0.2, 0.25) is 17.6 Å². The van der Waals surface area contributed by atoms with Crippen LogP contribution in [0.25, 0.3) is 0 Å². The number of carbonyl (C=O) groups excluding carboxylic acids is 4. The molecule has 0 spiro atoms. The minimum Gasteiger partial charge on any atom is -0.456 e. The number of esters is 1. The van der Waals surface area contributed by atoms with E-state index < -0.39 is 12.0 Å². The summed E-state index contributed by atoms with van der Waals surface area (Å²) in [6.07, 6.45) is 8.16. The Kier molecular flexibility index (Phi) is 6.05. The van der Waals surface area contributed by atoms with Gasteiger partial charge in [0.05, 0.1) is 16.8 Å². The van der Waals surface area contributed by atoms with E-state index in [1.165, 1.54) is 37.5 Å². The van der Waals surface area contributed by atoms with Crippen LogP contribution in [0.3, 0.4) is 0 Å². The lowest BCUT2D eigenvalue weighted by molar-refractivity contribution is -0.165. The molecule has 33 heavy (non-hydrogen) atoms. The highest BCUT2D eigenvalue weighted by Crippen LogP contribution is 2.60. The zero-order valence-electron chi connectivity index (χ0n) is 19.1. The lowest BCUT2D eigenvalue weighted by Crippen LogP contribution is -2.56. The van der Waals surface area contributed by atoms with Gasteiger partial charge in [0.15, 0.2) is 6.61 Å². The summed E-state index contributed by atoms with van der Waals surface area (Å²) < 4.78 is 5.40. The number of amides is 2. The Balaban J connectivity index is 1.18. The van der Waals surface area contributed by atoms with Gasteiger partial charge in [-0.05, 0) is 81.3 Å². The molecule has 1 unspecified atom stereocenters. The minimum absolute atomic E-state index is 0.130. The second-order valence-corrected chi connectivity index (χ2v) is 11.7. The first kappa shape index (κ1) is 22.6. The van der Waals surface area contributed by atoms with Gasteiger partial charge in [-0.15, -0.1) is 11.3 Å². The normalized spacial score (nSPS) is 32.1. The lowest BCUT2D eigenvalue weighted by Gasteiger charge is -2.56. The third-order valence-electron chi connectivity index (χ3n) is 8.07. The van der Waals surface area contributed by atoms with Gasteiger partial charge in [-0.2, -0.15) is 0 Å². The van der Waals surface area contributed by atoms with Gasteiger partial charge < -0.3 is 15.0 Å². The molecular weight excluding hydrogens is 440 g/mol. The number of nitrogens with zero attached hydrogens (tertiary/aromatic N) is 1. The summed E-state index contributed by atoms with van der Waals surface area (Å²) in [5.41, 5.74) is -0.269. The Morgan fingerprint density at radius 2 is 1.76 bits per heavy atom. The van der Waals surface area contributed by atoms with E-state index in [1.807, 2.05) is 0 Å². The van der Waals surface area contributed by atoms with Crippen molar-refractivity contribution in [3.05, 3.63) is 21.9 Å². The highest BCUT2D eigenvalue weighted by atomic mass is 32.1. The number of ether oxygens (including phenoxy) is 1. The zero-order chi connectivity index (χ0) is 23.2. The van der Waals surface area contributed by atoms with Gasteiger partial charge >= 0.3 is 5.97 Å². The Labute approximate surface area is 198 Å². The van der Waals surface area contributed by atoms with Crippen LogP contribution in [0.2, 0.25) is 0 Å². The Hall–Kier alpha value is -2.22. The maximum atomic E-state index is 13.7. The number of nitrogens with one attached hydrogen (secondary N) is 1. The monoisotopic (exact) mass is 472 g/mol. The Bertz CT molecular complexity index is 934. The molecule has 8 heteroatoms. The fraction of sp³-hybridized carbons (Fsp3) is 0.680. The second-order valence-electron chi connectivity index (χ2n) is 10.6. The molecule has 5 aliphatic rings. The average molecular weight is 473 g/mol. The van der Waals surface area contributed by atoms with Crippen molar-refractivity contribution in [3.63, 3.8) is 0 Å². The first-order valence-corrected chi connectivity index (χ1v) is 13.0. The molecule has 4 bridgehead atoms. The van der Waals surface area contributed by atoms with Crippen LogP contribution in [0.5, 0.6) is 0 Å². The number of hydrogen-bond donors (Lipinski definition) is 1. The van der Waals surface area contributed by atoms with E-state index in [-0.39, 0.29) is 29.6 Å². The van der Waals surface area contributed by atoms with Crippen molar-refractivity contribution in [2.75, 3.05) is 13.2 Å². The lowest BCUT2D eigenvalue weighted by atomic mass is 9.49. The van der Waals surface area contributed by atoms with Crippen LogP contribution in [0, 0.1) is 23.2 Å². The van der Waals surface area contributed by atoms with Crippen molar-refractivity contribution in [1.29, 1.82) is 0 Å². The number of carbonyl (C=O) groups is 4. The SMILES string of the molecule is CC(=O)NCc1ccc(C(=O)COC(=O)C2CCCN2C(=O)C23CC4CC(CC(C4)C2)C3)s1. The van der Waals surface area contributed by atoms with E-state index in [4.69, 9.17) is 4.74 Å². The van der Waals surface area contributed by atoms with Crippen molar-refractivity contribution in [2.24, 2.45) is 23.2 Å². The van der Waals surface area contributed by atoms with Crippen LogP contribution >= 0.6 is 11.3 Å². The highest BCUT2D eigenvalue weighted by Gasteiger charge is 2.57. The quantitative estimate of drug-likeness (QED) is 0.485. The maximum absolute atomic E-state index is 13.7. The summed E-state index contributed by atoms with van der Waals surface area (Å²) in [6, 6.07) is 2.91. The first-order chi connectivity index (χ1) is 15.8. The highest BCUT2D eigenvalue weighted by molar-refractivity contribution is 7.14. The van der Waals surface area contributed by atoms with Crippen LogP contribution in [0.1, 0.15) is 72.8 Å². The average Bonchev–Trinajstić information content (AvgIpc) is 3.44. The molecule has 4 saturated carbocycles. The van der Waals surface area contributed by atoms with Gasteiger partial charge in [0.25, 0.3) is 0 Å². The molecule has 2 amide bonds. The molecule has 0 radical (unpaired) electrons. The molecule has 2 heterocycles. The predicted molar refractivity (Wildman–Crippen MR) is 122 cm³/mol. The van der Waals surface area contributed by atoms with E-state index in [0.717, 1.165) is 30.6 Å². The van der Waals surface area contributed by atoms with E-state index in [2.05, 4.69) is 5.32 Å². The fourth-order valence-electron chi connectivity index (χ4n) is 7.07. The van der Waals surface area contributed by atoms with Crippen LogP contribution in [0.4, 0.5) is 0 Å². The molecule has 6 rings (SSSR count). The molecule has 1 N–H and O–H groups in total. The molecule has 1 aromatic rings. The summed E-state index contributed by atoms with van der Waals surface area (Å²) in [4.78, 5) is 53.3. The second kappa shape index (κ2) is 8.85. The minimum atomic E-state index is -0.572. The summed E-state index contributed by atoms with van der Waals surface area (Å²) >= 11 is 1.28. The molecule has 5 fully saturated rings. The predicted octanol–water partition coefficient (Wildman–Crippen LogP) is 3.32. The van der Waals surface area contributed by atoms with Gasteiger partial charge in [0.1, 0.15) is 6.04 Å². The van der Waals surface area contributed by atoms with Gasteiger partial charge in [-0.25, -0.2) is 4.79 Å². The number of Topliss-reactive ketones (excluding diaryl/α,β-unsaturated/α-hetero) is 1. The summed E-state index contributed by atoms with van der Waals surface area (Å²) in [7, 11) is 0. The van der Waals surface area contributed by atoms with Crippen LogP contribution in [0.15, 0.2) is 12.1 Å². The van der Waals surface area contributed by atoms with E-state index in [1.54, 1.807) is 17.0 Å². The molecule has 178 valence electrons. The van der Waals surface area contributed by atoms with Gasteiger partial charge in [-0.1, -0.05) is 0 Å². The van der Waals surface area contributed by atoms with E-state index in [9.17, 15) is 19.2 Å². The number of likely N-dealkylation sites (tertiary alicyclic amines) is 1. The van der Waals surface area contributed by atoms with Crippen molar-refractivity contribution in [1.82, 2.24) is 10.2 Å². The van der Waals surface area contributed by atoms with Crippen molar-refractivity contribution < 1.29 is 23.9 Å². The van der Waals surface area contributed by atoms with Gasteiger partial charge in [0, 0.05) is 18.3 Å². The van der Waals surface area contributed by atoms with Crippen molar-refractivity contribution in [3.8, 4) is 0 Å². The molecule has 4 aliphatic carbocycles. The Morgan fingerprint density at radius 3 is 2.39 bits per heavy atom. The summed E-state index contributed by atoms with van der Waals surface area (Å²) in [5, 5.41) is 2.70. The summed E-state index contributed by atoms with van der Waals surface area (Å²) in [5.74, 6) is 1.32. The Morgan fingerprint density at radius 1 is 1.09 bits per heavy atom. The van der Waals surface area contributed by atoms with Crippen LogP contribution in [-0.4, -0.2) is 47.7 Å². The largest absolute Gasteiger partial charge is 0.456 e. The standard InChI is InChI=1S/C25H32N2O5S/c1-15(28)26-13-19-4-5-22(33-19)21(29)14-32-23(30)20-3-2-6-27(20)24(31)25-10-16-7-17(11-25)9-18(8-16)12-25/h4-5,16-18,20H,2-3,6-14H2,1H3,(H,26,28). The molecule has 0 aromatic carbocycles. The number of ketones is 1. The van der Waals surface area contributed by atoms with Crippen LogP contribution in [-0.2, 0) is 25.7 Å².